The number of hydrogen-bond acceptors (Lipinski definition) is 2. The van der Waals surface area contributed by atoms with Crippen molar-refractivity contribution in [3.05, 3.63) is 27.8 Å². The van der Waals surface area contributed by atoms with Crippen LogP contribution in [0.1, 0.15) is 36.0 Å². The number of piperidine rings is 1. The fourth-order valence-electron chi connectivity index (χ4n) is 3.81. The summed E-state index contributed by atoms with van der Waals surface area (Å²) in [4.78, 5) is 7.51. The molecule has 94 valence electrons. The van der Waals surface area contributed by atoms with Crippen LogP contribution < -0.4 is 0 Å². The van der Waals surface area contributed by atoms with Crippen molar-refractivity contribution in [2.24, 2.45) is 10.9 Å². The molecule has 0 radical (unpaired) electrons. The highest BCUT2D eigenvalue weighted by Crippen LogP contribution is 2.46. The molecule has 1 aliphatic carbocycles. The maximum atomic E-state index is 6.29. The number of aryl methyl sites for hydroxylation is 1. The normalized spacial score (nSPS) is 28.2. The van der Waals surface area contributed by atoms with Crippen LogP contribution in [-0.2, 0) is 6.54 Å². The maximum absolute atomic E-state index is 6.29. The van der Waals surface area contributed by atoms with Gasteiger partial charge in [0, 0.05) is 29.1 Å². The van der Waals surface area contributed by atoms with E-state index >= 15 is 0 Å². The number of aliphatic imine (C=N–C) groups is 1. The first-order valence-corrected chi connectivity index (χ1v) is 7.16. The summed E-state index contributed by atoms with van der Waals surface area (Å²) in [7, 11) is 0. The summed E-state index contributed by atoms with van der Waals surface area (Å²) in [5.41, 5.74) is 4.96. The van der Waals surface area contributed by atoms with E-state index in [0.717, 1.165) is 28.9 Å². The number of benzene rings is 1. The Morgan fingerprint density at radius 2 is 2.17 bits per heavy atom. The predicted molar refractivity (Wildman–Crippen MR) is 74.7 cm³/mol. The fourth-order valence-corrected chi connectivity index (χ4v) is 4.06. The first-order chi connectivity index (χ1) is 8.65. The second kappa shape index (κ2) is 3.51. The maximum Gasteiger partial charge on any atom is 0.109 e. The summed E-state index contributed by atoms with van der Waals surface area (Å²) >= 11 is 6.29. The van der Waals surface area contributed by atoms with Crippen molar-refractivity contribution in [2.75, 3.05) is 0 Å². The van der Waals surface area contributed by atoms with Gasteiger partial charge >= 0.3 is 0 Å². The Labute approximate surface area is 113 Å². The molecule has 2 nitrogen and oxygen atoms in total. The average Bonchev–Trinajstić information content (AvgIpc) is 2.96. The summed E-state index contributed by atoms with van der Waals surface area (Å²) in [5, 5.41) is 0.854. The van der Waals surface area contributed by atoms with E-state index in [-0.39, 0.29) is 0 Å². The van der Waals surface area contributed by atoms with Gasteiger partial charge in [0.25, 0.3) is 0 Å². The highest BCUT2D eigenvalue weighted by molar-refractivity contribution is 6.31. The monoisotopic (exact) mass is 260 g/mol. The van der Waals surface area contributed by atoms with Crippen molar-refractivity contribution in [3.63, 3.8) is 0 Å². The van der Waals surface area contributed by atoms with E-state index in [1.165, 1.54) is 36.2 Å². The van der Waals surface area contributed by atoms with Gasteiger partial charge in [-0.25, -0.2) is 4.99 Å². The molecule has 2 atom stereocenters. The van der Waals surface area contributed by atoms with Gasteiger partial charge < -0.3 is 4.90 Å². The number of fused-ring (bicyclic) bond motifs is 6. The van der Waals surface area contributed by atoms with Crippen LogP contribution in [0.15, 0.2) is 11.1 Å². The van der Waals surface area contributed by atoms with E-state index in [9.17, 15) is 0 Å². The van der Waals surface area contributed by atoms with Crippen LogP contribution >= 0.6 is 11.6 Å². The van der Waals surface area contributed by atoms with E-state index in [1.807, 2.05) is 0 Å². The third-order valence-electron chi connectivity index (χ3n) is 4.88. The molecule has 3 aliphatic rings. The quantitative estimate of drug-likeness (QED) is 0.689. The molecule has 1 saturated carbocycles. The predicted octanol–water partition coefficient (Wildman–Crippen LogP) is 3.98. The molecule has 2 heterocycles. The smallest absolute Gasteiger partial charge is 0.109 e. The zero-order valence-corrected chi connectivity index (χ0v) is 11.6. The lowest BCUT2D eigenvalue weighted by Gasteiger charge is -2.35. The van der Waals surface area contributed by atoms with Crippen LogP contribution in [0.4, 0.5) is 5.69 Å². The fraction of sp³-hybridized carbons (Fsp3) is 0.533. The van der Waals surface area contributed by atoms with Gasteiger partial charge in [-0.1, -0.05) is 11.6 Å². The minimum Gasteiger partial charge on any atom is -0.352 e. The number of hydrogen-bond donors (Lipinski definition) is 0. The highest BCUT2D eigenvalue weighted by Gasteiger charge is 2.44. The number of halogens is 1. The SMILES string of the molecule is Cc1cc(Cl)c(C)c2c1CN1C(=N2)C2CCC1C2. The Morgan fingerprint density at radius 3 is 3.00 bits per heavy atom. The van der Waals surface area contributed by atoms with E-state index in [1.54, 1.807) is 0 Å². The number of rotatable bonds is 0. The summed E-state index contributed by atoms with van der Waals surface area (Å²) in [6.45, 7) is 5.28. The third kappa shape index (κ3) is 1.27. The standard InChI is InChI=1S/C15H17ClN2/c1-8-5-13(16)9(2)14-12(8)7-18-11-4-3-10(6-11)15(18)17-14/h5,10-11H,3-4,6-7H2,1-2H3. The van der Waals surface area contributed by atoms with Crippen LogP contribution in [0.3, 0.4) is 0 Å². The molecule has 1 aromatic carbocycles. The molecular weight excluding hydrogens is 244 g/mol. The van der Waals surface area contributed by atoms with Gasteiger partial charge in [0.1, 0.15) is 5.84 Å². The molecule has 18 heavy (non-hydrogen) atoms. The van der Waals surface area contributed by atoms with E-state index < -0.39 is 0 Å². The summed E-state index contributed by atoms with van der Waals surface area (Å²) in [5.74, 6) is 2.05. The Morgan fingerprint density at radius 1 is 1.33 bits per heavy atom. The minimum atomic E-state index is 0.710. The lowest BCUT2D eigenvalue weighted by Crippen LogP contribution is -2.38. The van der Waals surface area contributed by atoms with E-state index in [0.29, 0.717) is 5.92 Å². The van der Waals surface area contributed by atoms with Gasteiger partial charge in [0.05, 0.1) is 5.69 Å². The van der Waals surface area contributed by atoms with Gasteiger partial charge in [-0.2, -0.15) is 0 Å². The Hall–Kier alpha value is -1.02. The molecule has 2 aliphatic heterocycles. The first kappa shape index (κ1) is 10.9. The van der Waals surface area contributed by atoms with Gasteiger partial charge in [0.2, 0.25) is 0 Å². The molecule has 0 N–H and O–H groups in total. The van der Waals surface area contributed by atoms with Gasteiger partial charge in [-0.15, -0.1) is 0 Å². The van der Waals surface area contributed by atoms with Crippen molar-refractivity contribution < 1.29 is 0 Å². The van der Waals surface area contributed by atoms with Crippen LogP contribution in [0.2, 0.25) is 5.02 Å². The molecular formula is C15H17ClN2. The van der Waals surface area contributed by atoms with Crippen molar-refractivity contribution in [1.82, 2.24) is 4.90 Å². The molecule has 2 unspecified atom stereocenters. The molecule has 2 fully saturated rings. The Bertz CT molecular complexity index is 576. The van der Waals surface area contributed by atoms with Gasteiger partial charge in [-0.05, 0) is 50.3 Å². The van der Waals surface area contributed by atoms with Gasteiger partial charge in [-0.3, -0.25) is 0 Å². The summed E-state index contributed by atoms with van der Waals surface area (Å²) in [6, 6.07) is 2.84. The Kier molecular flexibility index (Phi) is 2.12. The Balaban J connectivity index is 1.92. The molecule has 1 saturated heterocycles. The molecule has 2 bridgehead atoms. The van der Waals surface area contributed by atoms with Crippen molar-refractivity contribution in [1.29, 1.82) is 0 Å². The molecule has 3 heteroatoms. The van der Waals surface area contributed by atoms with Gasteiger partial charge in [0.15, 0.2) is 0 Å². The van der Waals surface area contributed by atoms with Crippen molar-refractivity contribution in [3.8, 4) is 0 Å². The number of nitrogens with zero attached hydrogens (tertiary/aromatic N) is 2. The van der Waals surface area contributed by atoms with Crippen LogP contribution in [0, 0.1) is 19.8 Å². The molecule has 1 aromatic rings. The van der Waals surface area contributed by atoms with E-state index in [2.05, 4.69) is 24.8 Å². The average molecular weight is 261 g/mol. The highest BCUT2D eigenvalue weighted by atomic mass is 35.5. The van der Waals surface area contributed by atoms with Crippen LogP contribution in [-0.4, -0.2) is 16.8 Å². The van der Waals surface area contributed by atoms with Crippen molar-refractivity contribution >= 4 is 23.1 Å². The molecule has 0 spiro atoms. The van der Waals surface area contributed by atoms with Crippen molar-refractivity contribution in [2.45, 2.75) is 45.7 Å². The second-order valence-corrected chi connectivity index (χ2v) is 6.30. The topological polar surface area (TPSA) is 15.6 Å². The van der Waals surface area contributed by atoms with Crippen LogP contribution in [0.5, 0.6) is 0 Å². The lowest BCUT2D eigenvalue weighted by molar-refractivity contribution is 0.316. The molecule has 0 aromatic heterocycles. The third-order valence-corrected chi connectivity index (χ3v) is 5.27. The zero-order valence-electron chi connectivity index (χ0n) is 10.8. The van der Waals surface area contributed by atoms with E-state index in [4.69, 9.17) is 16.6 Å². The lowest BCUT2D eigenvalue weighted by atomic mass is 9.98. The minimum absolute atomic E-state index is 0.710. The molecule has 0 amide bonds. The second-order valence-electron chi connectivity index (χ2n) is 5.89. The number of amidine groups is 1. The zero-order chi connectivity index (χ0) is 12.4. The summed E-state index contributed by atoms with van der Waals surface area (Å²) in [6.07, 6.45) is 4.00. The summed E-state index contributed by atoms with van der Waals surface area (Å²) < 4.78 is 0. The molecule has 4 rings (SSSR count). The first-order valence-electron chi connectivity index (χ1n) is 6.79. The van der Waals surface area contributed by atoms with Crippen LogP contribution in [0.25, 0.3) is 0 Å². The largest absolute Gasteiger partial charge is 0.352 e.